The number of rotatable bonds is 0. The van der Waals surface area contributed by atoms with E-state index in [-0.39, 0.29) is 17.4 Å². The molecule has 1 atom stereocenters. The van der Waals surface area contributed by atoms with Gasteiger partial charge in [0.25, 0.3) is 5.91 Å². The second-order valence-corrected chi connectivity index (χ2v) is 4.34. The molecular formula is C12H11FN2O2. The highest BCUT2D eigenvalue weighted by Gasteiger charge is 2.38. The number of carbonyl (C=O) groups excluding carboxylic acids is 2. The third-order valence-corrected chi connectivity index (χ3v) is 3.29. The fourth-order valence-electron chi connectivity index (χ4n) is 2.46. The van der Waals surface area contributed by atoms with Gasteiger partial charge in [-0.25, -0.2) is 4.39 Å². The lowest BCUT2D eigenvalue weighted by Crippen LogP contribution is -2.40. The zero-order chi connectivity index (χ0) is 12.0. The Labute approximate surface area is 97.4 Å². The molecule has 2 aliphatic heterocycles. The van der Waals surface area contributed by atoms with E-state index < -0.39 is 11.9 Å². The Morgan fingerprint density at radius 3 is 3.00 bits per heavy atom. The maximum atomic E-state index is 13.2. The number of fused-ring (bicyclic) bond motifs is 2. The molecule has 4 nitrogen and oxygen atoms in total. The number of halogens is 1. The molecule has 0 radical (unpaired) electrons. The zero-order valence-corrected chi connectivity index (χ0v) is 9.07. The van der Waals surface area contributed by atoms with Gasteiger partial charge in [0.15, 0.2) is 0 Å². The van der Waals surface area contributed by atoms with E-state index in [2.05, 4.69) is 5.32 Å². The molecule has 0 spiro atoms. The van der Waals surface area contributed by atoms with Gasteiger partial charge in [0.2, 0.25) is 5.91 Å². The summed E-state index contributed by atoms with van der Waals surface area (Å²) < 4.78 is 13.2. The Hall–Kier alpha value is -1.91. The van der Waals surface area contributed by atoms with Crippen LogP contribution in [0, 0.1) is 5.82 Å². The van der Waals surface area contributed by atoms with Crippen LogP contribution in [0.25, 0.3) is 0 Å². The van der Waals surface area contributed by atoms with Crippen molar-refractivity contribution in [1.29, 1.82) is 0 Å². The van der Waals surface area contributed by atoms with E-state index in [9.17, 15) is 14.0 Å². The van der Waals surface area contributed by atoms with Crippen molar-refractivity contribution >= 4 is 17.5 Å². The van der Waals surface area contributed by atoms with E-state index in [0.717, 1.165) is 6.42 Å². The molecule has 3 rings (SSSR count). The molecule has 1 aromatic carbocycles. The Kier molecular flexibility index (Phi) is 2.14. The van der Waals surface area contributed by atoms with Gasteiger partial charge in [-0.05, 0) is 31.0 Å². The highest BCUT2D eigenvalue weighted by atomic mass is 19.1. The van der Waals surface area contributed by atoms with Crippen molar-refractivity contribution in [3.8, 4) is 0 Å². The normalized spacial score (nSPS) is 22.9. The summed E-state index contributed by atoms with van der Waals surface area (Å²) in [5.41, 5.74) is 0.638. The highest BCUT2D eigenvalue weighted by Crippen LogP contribution is 2.28. The van der Waals surface area contributed by atoms with Crippen LogP contribution in [0.4, 0.5) is 10.1 Å². The zero-order valence-electron chi connectivity index (χ0n) is 9.07. The number of nitrogens with one attached hydrogen (secondary N) is 1. The molecule has 1 aromatic rings. The van der Waals surface area contributed by atoms with Crippen molar-refractivity contribution in [3.05, 3.63) is 29.6 Å². The number of nitrogens with zero attached hydrogens (tertiary/aromatic N) is 1. The Morgan fingerprint density at radius 1 is 1.35 bits per heavy atom. The summed E-state index contributed by atoms with van der Waals surface area (Å²) in [6.07, 6.45) is 1.49. The largest absolute Gasteiger partial charge is 0.327 e. The number of benzene rings is 1. The lowest BCUT2D eigenvalue weighted by atomic mass is 10.1. The maximum absolute atomic E-state index is 13.2. The van der Waals surface area contributed by atoms with Crippen molar-refractivity contribution in [2.75, 3.05) is 11.9 Å². The minimum atomic E-state index is -0.469. The first-order valence-corrected chi connectivity index (χ1v) is 5.58. The van der Waals surface area contributed by atoms with Crippen LogP contribution in [0.3, 0.4) is 0 Å². The molecule has 1 fully saturated rings. The van der Waals surface area contributed by atoms with Gasteiger partial charge in [-0.3, -0.25) is 9.59 Å². The fraction of sp³-hybridized carbons (Fsp3) is 0.333. The van der Waals surface area contributed by atoms with Crippen LogP contribution in [0.5, 0.6) is 0 Å². The summed E-state index contributed by atoms with van der Waals surface area (Å²) in [6.45, 7) is 0.562. The van der Waals surface area contributed by atoms with Crippen LogP contribution in [-0.4, -0.2) is 29.3 Å². The van der Waals surface area contributed by atoms with Gasteiger partial charge in [-0.2, -0.15) is 0 Å². The summed E-state index contributed by atoms with van der Waals surface area (Å²) in [7, 11) is 0. The predicted octanol–water partition coefficient (Wildman–Crippen LogP) is 1.38. The minimum absolute atomic E-state index is 0.179. The first kappa shape index (κ1) is 10.3. The van der Waals surface area contributed by atoms with Gasteiger partial charge in [0, 0.05) is 6.54 Å². The number of hydrogen-bond donors (Lipinski definition) is 1. The highest BCUT2D eigenvalue weighted by molar-refractivity contribution is 6.10. The summed E-state index contributed by atoms with van der Waals surface area (Å²) in [6, 6.07) is 3.45. The first-order valence-electron chi connectivity index (χ1n) is 5.58. The van der Waals surface area contributed by atoms with Crippen molar-refractivity contribution in [2.24, 2.45) is 0 Å². The van der Waals surface area contributed by atoms with E-state index in [1.165, 1.54) is 23.1 Å². The van der Waals surface area contributed by atoms with Crippen LogP contribution in [0.15, 0.2) is 18.2 Å². The predicted molar refractivity (Wildman–Crippen MR) is 59.1 cm³/mol. The van der Waals surface area contributed by atoms with E-state index in [1.807, 2.05) is 0 Å². The standard InChI is InChI=1S/C12H11FN2O2/c13-7-3-4-9-8(6-7)12(17)15-5-1-2-10(15)11(16)14-9/h3-4,6,10H,1-2,5H2,(H,14,16)/t10-/m0/s1. The second-order valence-electron chi connectivity index (χ2n) is 4.34. The Morgan fingerprint density at radius 2 is 2.18 bits per heavy atom. The molecule has 2 amide bonds. The molecular weight excluding hydrogens is 223 g/mol. The van der Waals surface area contributed by atoms with Gasteiger partial charge in [-0.15, -0.1) is 0 Å². The van der Waals surface area contributed by atoms with Crippen LogP contribution < -0.4 is 5.32 Å². The van der Waals surface area contributed by atoms with E-state index >= 15 is 0 Å². The summed E-state index contributed by atoms with van der Waals surface area (Å²) >= 11 is 0. The minimum Gasteiger partial charge on any atom is -0.327 e. The van der Waals surface area contributed by atoms with E-state index in [1.54, 1.807) is 0 Å². The summed E-state index contributed by atoms with van der Waals surface area (Å²) in [4.78, 5) is 25.6. The maximum Gasteiger partial charge on any atom is 0.256 e. The molecule has 2 heterocycles. The fourth-order valence-corrected chi connectivity index (χ4v) is 2.46. The van der Waals surface area contributed by atoms with Gasteiger partial charge in [0.05, 0.1) is 11.3 Å². The van der Waals surface area contributed by atoms with Crippen LogP contribution in [0.2, 0.25) is 0 Å². The lowest BCUT2D eigenvalue weighted by Gasteiger charge is -2.19. The Bertz CT molecular complexity index is 515. The van der Waals surface area contributed by atoms with E-state index in [0.29, 0.717) is 18.7 Å². The quantitative estimate of drug-likeness (QED) is 0.737. The smallest absolute Gasteiger partial charge is 0.256 e. The average Bonchev–Trinajstić information content (AvgIpc) is 2.76. The first-order chi connectivity index (χ1) is 8.16. The SMILES string of the molecule is O=C1Nc2ccc(F)cc2C(=O)N2CCC[C@@H]12. The van der Waals surface area contributed by atoms with Crippen molar-refractivity contribution in [3.63, 3.8) is 0 Å². The molecule has 0 aliphatic carbocycles. The number of amides is 2. The van der Waals surface area contributed by atoms with Gasteiger partial charge >= 0.3 is 0 Å². The van der Waals surface area contributed by atoms with Crippen LogP contribution in [0.1, 0.15) is 23.2 Å². The molecule has 0 saturated carbocycles. The molecule has 0 bridgehead atoms. The lowest BCUT2D eigenvalue weighted by molar-refractivity contribution is -0.119. The molecule has 1 saturated heterocycles. The van der Waals surface area contributed by atoms with Crippen molar-refractivity contribution < 1.29 is 14.0 Å². The molecule has 1 N–H and O–H groups in total. The molecule has 2 aliphatic rings. The third-order valence-electron chi connectivity index (χ3n) is 3.29. The number of carbonyl (C=O) groups is 2. The number of anilines is 1. The summed E-state index contributed by atoms with van der Waals surface area (Å²) in [5.74, 6) is -0.912. The molecule has 17 heavy (non-hydrogen) atoms. The molecule has 0 unspecified atom stereocenters. The summed E-state index contributed by atoms with van der Waals surface area (Å²) in [5, 5.41) is 2.68. The number of hydrogen-bond acceptors (Lipinski definition) is 2. The van der Waals surface area contributed by atoms with Crippen molar-refractivity contribution in [1.82, 2.24) is 4.90 Å². The van der Waals surface area contributed by atoms with Crippen LogP contribution >= 0.6 is 0 Å². The average molecular weight is 234 g/mol. The second kappa shape index (κ2) is 3.55. The molecule has 5 heteroatoms. The topological polar surface area (TPSA) is 49.4 Å². The van der Waals surface area contributed by atoms with Gasteiger partial charge in [-0.1, -0.05) is 0 Å². The van der Waals surface area contributed by atoms with Crippen molar-refractivity contribution in [2.45, 2.75) is 18.9 Å². The molecule has 0 aromatic heterocycles. The van der Waals surface area contributed by atoms with Gasteiger partial charge in [0.1, 0.15) is 11.9 Å². The third kappa shape index (κ3) is 1.50. The van der Waals surface area contributed by atoms with E-state index in [4.69, 9.17) is 0 Å². The monoisotopic (exact) mass is 234 g/mol. The van der Waals surface area contributed by atoms with Gasteiger partial charge < -0.3 is 10.2 Å². The molecule has 88 valence electrons. The van der Waals surface area contributed by atoms with Crippen LogP contribution in [-0.2, 0) is 4.79 Å². The Balaban J connectivity index is 2.12.